The maximum absolute atomic E-state index is 13.3. The fourth-order valence-corrected chi connectivity index (χ4v) is 5.18. The first-order valence-corrected chi connectivity index (χ1v) is 12.0. The lowest BCUT2D eigenvalue weighted by atomic mass is 9.85. The number of amides is 1. The Bertz CT molecular complexity index is 771. The molecular formula is C26H42N4O. The first kappa shape index (κ1) is 23.8. The van der Waals surface area contributed by atoms with Crippen LogP contribution in [0.5, 0.6) is 0 Å². The van der Waals surface area contributed by atoms with Crippen molar-refractivity contribution in [1.29, 1.82) is 0 Å². The number of likely N-dealkylation sites (tertiary alicyclic amines) is 1. The molecule has 2 heterocycles. The number of carbonyl (C=O) groups excluding carboxylic acids is 1. The van der Waals surface area contributed by atoms with Crippen molar-refractivity contribution in [2.45, 2.75) is 90.8 Å². The van der Waals surface area contributed by atoms with Gasteiger partial charge in [-0.1, -0.05) is 63.9 Å². The monoisotopic (exact) mass is 426 g/mol. The Morgan fingerprint density at radius 3 is 2.52 bits per heavy atom. The van der Waals surface area contributed by atoms with Gasteiger partial charge in [-0.3, -0.25) is 9.80 Å². The number of benzene rings is 1. The summed E-state index contributed by atoms with van der Waals surface area (Å²) in [5, 5.41) is 10.3. The molecule has 0 bridgehead atoms. The van der Waals surface area contributed by atoms with Crippen molar-refractivity contribution < 1.29 is 4.79 Å². The van der Waals surface area contributed by atoms with Gasteiger partial charge in [0.15, 0.2) is 0 Å². The minimum atomic E-state index is 0.0140. The largest absolute Gasteiger partial charge is 0.348 e. The molecule has 1 saturated heterocycles. The molecule has 0 saturated carbocycles. The highest BCUT2D eigenvalue weighted by molar-refractivity contribution is 6.39. The van der Waals surface area contributed by atoms with Crippen molar-refractivity contribution in [3.8, 4) is 0 Å². The molecule has 2 aliphatic rings. The van der Waals surface area contributed by atoms with Crippen LogP contribution in [0.15, 0.2) is 35.4 Å². The van der Waals surface area contributed by atoms with Crippen molar-refractivity contribution in [3.63, 3.8) is 0 Å². The smallest absolute Gasteiger partial charge is 0.267 e. The van der Waals surface area contributed by atoms with Gasteiger partial charge in [0.2, 0.25) is 0 Å². The van der Waals surface area contributed by atoms with Crippen molar-refractivity contribution in [3.05, 3.63) is 35.9 Å². The minimum Gasteiger partial charge on any atom is -0.348 e. The molecule has 172 valence electrons. The van der Waals surface area contributed by atoms with Crippen molar-refractivity contribution in [1.82, 2.24) is 15.2 Å². The minimum absolute atomic E-state index is 0.0140. The van der Waals surface area contributed by atoms with Gasteiger partial charge in [-0.05, 0) is 51.1 Å². The highest BCUT2D eigenvalue weighted by Gasteiger charge is 2.39. The van der Waals surface area contributed by atoms with E-state index in [1.165, 1.54) is 18.4 Å². The highest BCUT2D eigenvalue weighted by atomic mass is 16.2. The number of hydrazone groups is 1. The van der Waals surface area contributed by atoms with E-state index in [0.717, 1.165) is 32.4 Å². The molecule has 2 aliphatic heterocycles. The van der Waals surface area contributed by atoms with E-state index in [-0.39, 0.29) is 28.9 Å². The van der Waals surface area contributed by atoms with Gasteiger partial charge in [0.1, 0.15) is 5.71 Å². The maximum Gasteiger partial charge on any atom is 0.267 e. The van der Waals surface area contributed by atoms with Crippen LogP contribution in [-0.4, -0.2) is 53.2 Å². The lowest BCUT2D eigenvalue weighted by molar-refractivity contribution is -0.115. The molecule has 2 atom stereocenters. The second-order valence-corrected chi connectivity index (χ2v) is 11.0. The second-order valence-electron chi connectivity index (χ2n) is 11.0. The van der Waals surface area contributed by atoms with Crippen LogP contribution < -0.4 is 5.32 Å². The summed E-state index contributed by atoms with van der Waals surface area (Å²) < 4.78 is 0. The number of hydrogen-bond donors (Lipinski definition) is 1. The normalized spacial score (nSPS) is 25.7. The molecule has 1 aromatic rings. The molecule has 0 radical (unpaired) electrons. The van der Waals surface area contributed by atoms with Crippen LogP contribution in [-0.2, 0) is 4.79 Å². The summed E-state index contributed by atoms with van der Waals surface area (Å²) in [4.78, 5) is 15.7. The van der Waals surface area contributed by atoms with Crippen LogP contribution in [0.25, 0.3) is 0 Å². The summed E-state index contributed by atoms with van der Waals surface area (Å²) in [7, 11) is 2.20. The third-order valence-electron chi connectivity index (χ3n) is 7.01. The van der Waals surface area contributed by atoms with Crippen LogP contribution in [0, 0.1) is 5.41 Å². The third kappa shape index (κ3) is 6.09. The molecule has 31 heavy (non-hydrogen) atoms. The van der Waals surface area contributed by atoms with Crippen LogP contribution in [0.4, 0.5) is 0 Å². The summed E-state index contributed by atoms with van der Waals surface area (Å²) >= 11 is 0. The third-order valence-corrected chi connectivity index (χ3v) is 7.01. The average Bonchev–Trinajstić information content (AvgIpc) is 3.09. The van der Waals surface area contributed by atoms with Gasteiger partial charge in [0, 0.05) is 31.1 Å². The summed E-state index contributed by atoms with van der Waals surface area (Å²) in [5.74, 6) is 0.0140. The molecule has 0 aromatic heterocycles. The topological polar surface area (TPSA) is 47.9 Å². The van der Waals surface area contributed by atoms with E-state index < -0.39 is 0 Å². The molecule has 1 fully saturated rings. The molecule has 1 aromatic carbocycles. The highest BCUT2D eigenvalue weighted by Crippen LogP contribution is 2.35. The fraction of sp³-hybridized carbons (Fsp3) is 0.692. The van der Waals surface area contributed by atoms with E-state index in [4.69, 9.17) is 5.10 Å². The molecule has 5 heteroatoms. The van der Waals surface area contributed by atoms with Crippen LogP contribution in [0.3, 0.4) is 0 Å². The molecule has 0 spiro atoms. The number of unbranched alkanes of at least 4 members (excludes halogenated alkanes) is 2. The number of nitrogens with one attached hydrogen (secondary N) is 1. The van der Waals surface area contributed by atoms with Crippen molar-refractivity contribution in [2.24, 2.45) is 10.5 Å². The molecule has 1 N–H and O–H groups in total. The van der Waals surface area contributed by atoms with Gasteiger partial charge in [-0.2, -0.15) is 5.10 Å². The summed E-state index contributed by atoms with van der Waals surface area (Å²) in [6.07, 6.45) is 6.10. The van der Waals surface area contributed by atoms with Gasteiger partial charge in [-0.15, -0.1) is 0 Å². The van der Waals surface area contributed by atoms with Crippen LogP contribution in [0.1, 0.15) is 84.7 Å². The predicted octanol–water partition coefficient (Wildman–Crippen LogP) is 4.99. The van der Waals surface area contributed by atoms with E-state index >= 15 is 0 Å². The second kappa shape index (κ2) is 9.72. The van der Waals surface area contributed by atoms with E-state index in [0.29, 0.717) is 12.1 Å². The quantitative estimate of drug-likeness (QED) is 0.625. The number of hydrogen-bond acceptors (Lipinski definition) is 4. The Morgan fingerprint density at radius 2 is 1.84 bits per heavy atom. The Balaban J connectivity index is 1.73. The molecular weight excluding hydrogens is 384 g/mol. The van der Waals surface area contributed by atoms with Crippen molar-refractivity contribution >= 4 is 11.6 Å². The summed E-state index contributed by atoms with van der Waals surface area (Å²) in [6, 6.07) is 10.8. The molecule has 3 rings (SSSR count). The zero-order valence-electron chi connectivity index (χ0n) is 20.4. The number of carbonyl (C=O) groups is 1. The number of rotatable bonds is 7. The van der Waals surface area contributed by atoms with Gasteiger partial charge in [0.25, 0.3) is 5.91 Å². The van der Waals surface area contributed by atoms with Gasteiger partial charge < -0.3 is 10.2 Å². The first-order chi connectivity index (χ1) is 14.6. The van der Waals surface area contributed by atoms with Gasteiger partial charge >= 0.3 is 0 Å². The molecule has 1 amide bonds. The maximum atomic E-state index is 13.3. The first-order valence-electron chi connectivity index (χ1n) is 12.0. The van der Waals surface area contributed by atoms with Gasteiger partial charge in [0.05, 0.1) is 6.04 Å². The van der Waals surface area contributed by atoms with Crippen molar-refractivity contribution in [2.75, 3.05) is 20.1 Å². The zero-order valence-corrected chi connectivity index (χ0v) is 20.4. The average molecular weight is 427 g/mol. The molecule has 0 aliphatic carbocycles. The van der Waals surface area contributed by atoms with Crippen LogP contribution in [0.2, 0.25) is 0 Å². The lowest BCUT2D eigenvalue weighted by Gasteiger charge is -2.37. The summed E-state index contributed by atoms with van der Waals surface area (Å²) in [5.41, 5.74) is 2.14. The lowest BCUT2D eigenvalue weighted by Crippen LogP contribution is -2.46. The van der Waals surface area contributed by atoms with E-state index in [1.807, 2.05) is 6.07 Å². The predicted molar refractivity (Wildman–Crippen MR) is 129 cm³/mol. The van der Waals surface area contributed by atoms with E-state index in [1.54, 1.807) is 0 Å². The Kier molecular flexibility index (Phi) is 7.46. The standard InChI is InChI=1S/C26H42N4O/c1-7-8-12-15-30-23(20-13-10-9-11-14-20)16-22(28-30)24(31)27-21-17-25(2,3)19-29(6)26(4,5)18-21/h9-11,13-14,21,23H,7-8,12,15-19H2,1-6H3,(H,27,31). The Hall–Kier alpha value is -1.88. The Labute approximate surface area is 189 Å². The van der Waals surface area contributed by atoms with E-state index in [2.05, 4.69) is 81.2 Å². The SMILES string of the molecule is CCCCCN1N=C(C(=O)NC2CC(C)(C)CN(C)C(C)(C)C2)CC1c1ccccc1. The van der Waals surface area contributed by atoms with Gasteiger partial charge in [-0.25, -0.2) is 0 Å². The zero-order chi connectivity index (χ0) is 22.6. The fourth-order valence-electron chi connectivity index (χ4n) is 5.18. The summed E-state index contributed by atoms with van der Waals surface area (Å²) in [6.45, 7) is 13.3. The van der Waals surface area contributed by atoms with E-state index in [9.17, 15) is 4.79 Å². The number of nitrogens with zero attached hydrogens (tertiary/aromatic N) is 3. The van der Waals surface area contributed by atoms with Crippen LogP contribution >= 0.6 is 0 Å². The molecule has 5 nitrogen and oxygen atoms in total. The molecule has 2 unspecified atom stereocenters. The Morgan fingerprint density at radius 1 is 1.13 bits per heavy atom.